The number of halogens is 2. The minimum absolute atomic E-state index is 0.0177. The van der Waals surface area contributed by atoms with Crippen molar-refractivity contribution in [3.63, 3.8) is 0 Å². The number of rotatable bonds is 3. The highest BCUT2D eigenvalue weighted by atomic mass is 35.5. The van der Waals surface area contributed by atoms with Crippen molar-refractivity contribution in [2.75, 3.05) is 7.11 Å². The highest BCUT2D eigenvalue weighted by molar-refractivity contribution is 6.29. The van der Waals surface area contributed by atoms with Gasteiger partial charge in [-0.3, -0.25) is 0 Å². The zero-order valence-corrected chi connectivity index (χ0v) is 10.4. The first kappa shape index (κ1) is 14.1. The molecule has 0 amide bonds. The summed E-state index contributed by atoms with van der Waals surface area (Å²) in [6.45, 7) is 0. The fourth-order valence-corrected chi connectivity index (χ4v) is 1.46. The molecule has 96 valence electrons. The molecule has 0 saturated carbocycles. The second-order valence-corrected chi connectivity index (χ2v) is 3.77. The molecule has 18 heavy (non-hydrogen) atoms. The Morgan fingerprint density at radius 3 is 2.61 bits per heavy atom. The first-order valence-corrected chi connectivity index (χ1v) is 5.30. The number of ether oxygens (including phenoxy) is 1. The average Bonchev–Trinajstić information content (AvgIpc) is 2.34. The molecule has 1 rings (SSSR count). The molecule has 0 atom stereocenters. The predicted molar refractivity (Wildman–Crippen MR) is 68.0 cm³/mol. The summed E-state index contributed by atoms with van der Waals surface area (Å²) in [5.74, 6) is -1.45. The van der Waals surface area contributed by atoms with Crippen LogP contribution in [0, 0.1) is 5.82 Å². The van der Waals surface area contributed by atoms with Gasteiger partial charge in [0.25, 0.3) is 0 Å². The number of hydrogen-bond acceptors (Lipinski definition) is 4. The van der Waals surface area contributed by atoms with E-state index in [1.165, 1.54) is 31.5 Å². The van der Waals surface area contributed by atoms with E-state index in [1.54, 1.807) is 0 Å². The number of esters is 1. The normalized spacial score (nSPS) is 12.4. The molecule has 6 heteroatoms. The molecule has 0 aliphatic rings. The predicted octanol–water partition coefficient (Wildman–Crippen LogP) is 1.95. The Bertz CT molecular complexity index is 523. The number of hydrogen-bond donors (Lipinski definition) is 2. The number of benzene rings is 1. The van der Waals surface area contributed by atoms with Crippen LogP contribution in [-0.4, -0.2) is 13.1 Å². The summed E-state index contributed by atoms with van der Waals surface area (Å²) >= 11 is 5.52. The smallest absolute Gasteiger partial charge is 0.340 e. The molecule has 0 saturated heterocycles. The summed E-state index contributed by atoms with van der Waals surface area (Å²) in [6.07, 6.45) is 2.62. The third-order valence-corrected chi connectivity index (χ3v) is 2.29. The maximum absolute atomic E-state index is 13.7. The fourth-order valence-electron chi connectivity index (χ4n) is 1.35. The maximum Gasteiger partial charge on any atom is 0.340 e. The van der Waals surface area contributed by atoms with Crippen molar-refractivity contribution in [3.8, 4) is 0 Å². The van der Waals surface area contributed by atoms with Crippen LogP contribution >= 0.6 is 11.6 Å². The van der Waals surface area contributed by atoms with Crippen LogP contribution in [0.15, 0.2) is 35.6 Å². The number of nitrogens with two attached hydrogens (primary N) is 2. The molecule has 1 aromatic carbocycles. The topological polar surface area (TPSA) is 78.3 Å². The van der Waals surface area contributed by atoms with Gasteiger partial charge in [0.2, 0.25) is 0 Å². The molecule has 4 N–H and O–H groups in total. The van der Waals surface area contributed by atoms with E-state index in [0.717, 1.165) is 6.07 Å². The first-order valence-electron chi connectivity index (χ1n) is 4.92. The van der Waals surface area contributed by atoms with Gasteiger partial charge in [-0.2, -0.15) is 0 Å². The van der Waals surface area contributed by atoms with E-state index in [-0.39, 0.29) is 10.7 Å². The molecule has 0 aromatic heterocycles. The molecular weight excluding hydrogens is 259 g/mol. The number of allylic oxidation sites excluding steroid dienone is 2. The van der Waals surface area contributed by atoms with Crippen molar-refractivity contribution in [2.24, 2.45) is 11.5 Å². The summed E-state index contributed by atoms with van der Waals surface area (Å²) in [6, 6.07) is 3.98. The minimum atomic E-state index is -0.746. The van der Waals surface area contributed by atoms with Crippen molar-refractivity contribution in [1.82, 2.24) is 0 Å². The van der Waals surface area contributed by atoms with Crippen LogP contribution < -0.4 is 11.5 Å². The molecule has 0 aliphatic carbocycles. The van der Waals surface area contributed by atoms with E-state index in [1.807, 2.05) is 0 Å². The van der Waals surface area contributed by atoms with Gasteiger partial charge in [0.1, 0.15) is 5.82 Å². The van der Waals surface area contributed by atoms with Gasteiger partial charge >= 0.3 is 5.97 Å². The highest BCUT2D eigenvalue weighted by Crippen LogP contribution is 2.20. The van der Waals surface area contributed by atoms with Gasteiger partial charge in [-0.1, -0.05) is 17.7 Å². The lowest BCUT2D eigenvalue weighted by Crippen LogP contribution is -2.05. The van der Waals surface area contributed by atoms with E-state index >= 15 is 0 Å². The summed E-state index contributed by atoms with van der Waals surface area (Å²) in [7, 11) is 1.18. The van der Waals surface area contributed by atoms with Crippen molar-refractivity contribution in [3.05, 3.63) is 52.6 Å². The van der Waals surface area contributed by atoms with Gasteiger partial charge in [0, 0.05) is 11.8 Å². The lowest BCUT2D eigenvalue weighted by Gasteiger charge is -2.05. The molecule has 0 unspecified atom stereocenters. The molecule has 0 bridgehead atoms. The van der Waals surface area contributed by atoms with Crippen molar-refractivity contribution in [2.45, 2.75) is 0 Å². The molecule has 1 aromatic rings. The highest BCUT2D eigenvalue weighted by Gasteiger charge is 2.13. The second-order valence-electron chi connectivity index (χ2n) is 3.34. The number of methoxy groups -OCH3 is 1. The molecule has 0 radical (unpaired) electrons. The van der Waals surface area contributed by atoms with Gasteiger partial charge in [-0.25, -0.2) is 9.18 Å². The van der Waals surface area contributed by atoms with Crippen LogP contribution in [-0.2, 0) is 4.74 Å². The largest absolute Gasteiger partial charge is 0.465 e. The Morgan fingerprint density at radius 1 is 1.50 bits per heavy atom. The molecule has 0 fully saturated rings. The Kier molecular flexibility index (Phi) is 4.74. The van der Waals surface area contributed by atoms with Crippen LogP contribution in [0.5, 0.6) is 0 Å². The zero-order valence-electron chi connectivity index (χ0n) is 9.61. The van der Waals surface area contributed by atoms with Gasteiger partial charge in [-0.15, -0.1) is 0 Å². The first-order chi connectivity index (χ1) is 8.49. The third kappa shape index (κ3) is 3.24. The third-order valence-electron chi connectivity index (χ3n) is 2.18. The summed E-state index contributed by atoms with van der Waals surface area (Å²) < 4.78 is 18.1. The summed E-state index contributed by atoms with van der Waals surface area (Å²) in [5.41, 5.74) is 11.4. The lowest BCUT2D eigenvalue weighted by atomic mass is 10.0. The van der Waals surface area contributed by atoms with Crippen molar-refractivity contribution < 1.29 is 13.9 Å². The standard InChI is InChI=1S/C12H12ClFN2O2/c1-18-12(17)9-3-2-7(4-10(9)14)8(6-15)5-11(13)16/h2-6H,15-16H2,1H3/b8-6+,11-5-. The van der Waals surface area contributed by atoms with E-state index in [0.29, 0.717) is 11.1 Å². The zero-order chi connectivity index (χ0) is 13.7. The molecule has 0 spiro atoms. The van der Waals surface area contributed by atoms with Gasteiger partial charge < -0.3 is 16.2 Å². The molecule has 4 nitrogen and oxygen atoms in total. The minimum Gasteiger partial charge on any atom is -0.465 e. The fraction of sp³-hybridized carbons (Fsp3) is 0.0833. The van der Waals surface area contributed by atoms with Crippen LogP contribution in [0.4, 0.5) is 4.39 Å². The van der Waals surface area contributed by atoms with Gasteiger partial charge in [0.05, 0.1) is 17.8 Å². The SMILES string of the molecule is COC(=O)c1ccc(C(/C=C(\N)Cl)=C/N)cc1F. The average molecular weight is 271 g/mol. The van der Waals surface area contributed by atoms with Crippen LogP contribution in [0.1, 0.15) is 15.9 Å². The monoisotopic (exact) mass is 270 g/mol. The van der Waals surface area contributed by atoms with E-state index < -0.39 is 11.8 Å². The van der Waals surface area contributed by atoms with Crippen LogP contribution in [0.2, 0.25) is 0 Å². The summed E-state index contributed by atoms with van der Waals surface area (Å²) in [5, 5.41) is 0.0177. The maximum atomic E-state index is 13.7. The van der Waals surface area contributed by atoms with Crippen LogP contribution in [0.25, 0.3) is 5.57 Å². The van der Waals surface area contributed by atoms with E-state index in [9.17, 15) is 9.18 Å². The molecule has 0 heterocycles. The Balaban J connectivity index is 3.19. The second kappa shape index (κ2) is 6.07. The lowest BCUT2D eigenvalue weighted by molar-refractivity contribution is 0.0595. The van der Waals surface area contributed by atoms with E-state index in [2.05, 4.69) is 4.74 Å². The molecule has 0 aliphatic heterocycles. The van der Waals surface area contributed by atoms with Crippen LogP contribution in [0.3, 0.4) is 0 Å². The molecular formula is C12H12ClFN2O2. The Morgan fingerprint density at radius 2 is 2.17 bits per heavy atom. The van der Waals surface area contributed by atoms with E-state index in [4.69, 9.17) is 23.1 Å². The summed E-state index contributed by atoms with van der Waals surface area (Å²) in [4.78, 5) is 11.2. The van der Waals surface area contributed by atoms with Gasteiger partial charge in [-0.05, 0) is 23.8 Å². The Labute approximate surface area is 109 Å². The number of carbonyl (C=O) groups excluding carboxylic acids is 1. The van der Waals surface area contributed by atoms with Crippen molar-refractivity contribution in [1.29, 1.82) is 0 Å². The Hall–Kier alpha value is -2.01. The quantitative estimate of drug-likeness (QED) is 0.500. The number of carbonyl (C=O) groups is 1. The van der Waals surface area contributed by atoms with Gasteiger partial charge in [0.15, 0.2) is 0 Å². The van der Waals surface area contributed by atoms with Crippen molar-refractivity contribution >= 4 is 23.1 Å².